The lowest BCUT2D eigenvalue weighted by Crippen LogP contribution is -2.38. The molecule has 0 saturated heterocycles. The number of aliphatic carboxylic acids is 1. The van der Waals surface area contributed by atoms with Crippen LogP contribution < -0.4 is 15.4 Å². The minimum absolute atomic E-state index is 0.428. The van der Waals surface area contributed by atoms with Gasteiger partial charge in [0.1, 0.15) is 11.5 Å². The molecule has 3 rings (SSSR count). The molecular formula is C24H22N2O4. The number of rotatable bonds is 8. The number of para-hydroxylation sites is 1. The Morgan fingerprint density at radius 2 is 1.47 bits per heavy atom. The predicted molar refractivity (Wildman–Crippen MR) is 116 cm³/mol. The molecule has 0 radical (unpaired) electrons. The average Bonchev–Trinajstić information content (AvgIpc) is 2.75. The molecule has 1 atom stereocenters. The van der Waals surface area contributed by atoms with Crippen molar-refractivity contribution in [1.82, 2.24) is 5.32 Å². The Labute approximate surface area is 174 Å². The van der Waals surface area contributed by atoms with Crippen molar-refractivity contribution >= 4 is 17.7 Å². The normalized spacial score (nSPS) is 11.6. The summed E-state index contributed by atoms with van der Waals surface area (Å²) in [6.45, 7) is 0. The van der Waals surface area contributed by atoms with Gasteiger partial charge in [0, 0.05) is 11.8 Å². The summed E-state index contributed by atoms with van der Waals surface area (Å²) in [6.07, 6.45) is 2.97. The molecule has 0 fully saturated rings. The molecule has 3 N–H and O–H groups in total. The van der Waals surface area contributed by atoms with Gasteiger partial charge in [0.05, 0.1) is 6.04 Å². The van der Waals surface area contributed by atoms with Gasteiger partial charge in [-0.25, -0.2) is 9.59 Å². The third-order valence-corrected chi connectivity index (χ3v) is 4.18. The van der Waals surface area contributed by atoms with Crippen LogP contribution in [-0.4, -0.2) is 23.1 Å². The highest BCUT2D eigenvalue weighted by Gasteiger charge is 2.11. The fraction of sp³-hybridized carbons (Fsp3) is 0.0833. The fourth-order valence-corrected chi connectivity index (χ4v) is 2.80. The first-order chi connectivity index (χ1) is 14.6. The molecule has 3 aromatic rings. The summed E-state index contributed by atoms with van der Waals surface area (Å²) in [7, 11) is 0. The minimum atomic E-state index is -1.07. The third kappa shape index (κ3) is 6.83. The van der Waals surface area contributed by atoms with Crippen molar-refractivity contribution < 1.29 is 19.4 Å². The number of anilines is 1. The Balaban J connectivity index is 1.59. The van der Waals surface area contributed by atoms with Gasteiger partial charge in [-0.1, -0.05) is 54.6 Å². The SMILES string of the molecule is O=C(O)C=C[C@H](Cc1ccccc1)NC(=O)Nc1ccc(Oc2ccccc2)cc1. The number of hydrogen-bond donors (Lipinski definition) is 3. The van der Waals surface area contributed by atoms with Gasteiger partial charge in [0.25, 0.3) is 0 Å². The first-order valence-electron chi connectivity index (χ1n) is 9.44. The fourth-order valence-electron chi connectivity index (χ4n) is 2.80. The van der Waals surface area contributed by atoms with Gasteiger partial charge in [-0.15, -0.1) is 0 Å². The second-order valence-corrected chi connectivity index (χ2v) is 6.53. The van der Waals surface area contributed by atoms with Gasteiger partial charge < -0.3 is 20.5 Å². The lowest BCUT2D eigenvalue weighted by molar-refractivity contribution is -0.131. The molecule has 6 nitrogen and oxygen atoms in total. The average molecular weight is 402 g/mol. The van der Waals surface area contributed by atoms with E-state index in [4.69, 9.17) is 9.84 Å². The molecule has 0 aliphatic rings. The molecule has 152 valence electrons. The van der Waals surface area contributed by atoms with E-state index in [0.717, 1.165) is 17.4 Å². The molecule has 6 heteroatoms. The standard InChI is InChI=1S/C24H22N2O4/c27-23(28)16-13-20(17-18-7-3-1-4-8-18)26-24(29)25-19-11-14-22(15-12-19)30-21-9-5-2-6-10-21/h1-16,20H,17H2,(H,27,28)(H2,25,26,29)/t20-/m1/s1. The van der Waals surface area contributed by atoms with Crippen molar-refractivity contribution in [2.45, 2.75) is 12.5 Å². The maximum Gasteiger partial charge on any atom is 0.328 e. The second kappa shape index (κ2) is 10.5. The van der Waals surface area contributed by atoms with Crippen LogP contribution in [0.25, 0.3) is 0 Å². The largest absolute Gasteiger partial charge is 0.478 e. The van der Waals surface area contributed by atoms with Gasteiger partial charge in [-0.2, -0.15) is 0 Å². The molecule has 30 heavy (non-hydrogen) atoms. The highest BCUT2D eigenvalue weighted by atomic mass is 16.5. The van der Waals surface area contributed by atoms with Crippen molar-refractivity contribution in [3.8, 4) is 11.5 Å². The van der Waals surface area contributed by atoms with E-state index in [0.29, 0.717) is 17.9 Å². The number of carbonyl (C=O) groups is 2. The highest BCUT2D eigenvalue weighted by Crippen LogP contribution is 2.22. The summed E-state index contributed by atoms with van der Waals surface area (Å²) in [5.41, 5.74) is 1.58. The van der Waals surface area contributed by atoms with E-state index in [2.05, 4.69) is 10.6 Å². The van der Waals surface area contributed by atoms with Crippen molar-refractivity contribution in [3.63, 3.8) is 0 Å². The quantitative estimate of drug-likeness (QED) is 0.470. The van der Waals surface area contributed by atoms with Crippen LogP contribution in [0.2, 0.25) is 0 Å². The Morgan fingerprint density at radius 1 is 0.867 bits per heavy atom. The monoisotopic (exact) mass is 402 g/mol. The summed E-state index contributed by atoms with van der Waals surface area (Å²) in [4.78, 5) is 23.3. The summed E-state index contributed by atoms with van der Waals surface area (Å²) >= 11 is 0. The molecule has 2 amide bonds. The van der Waals surface area contributed by atoms with Crippen LogP contribution in [0.5, 0.6) is 11.5 Å². The van der Waals surface area contributed by atoms with Crippen LogP contribution in [0, 0.1) is 0 Å². The lowest BCUT2D eigenvalue weighted by atomic mass is 10.1. The van der Waals surface area contributed by atoms with Crippen LogP contribution >= 0.6 is 0 Å². The molecule has 0 unspecified atom stereocenters. The van der Waals surface area contributed by atoms with Gasteiger partial charge in [0.15, 0.2) is 0 Å². The van der Waals surface area contributed by atoms with Crippen LogP contribution in [0.3, 0.4) is 0 Å². The molecule has 0 saturated carbocycles. The van der Waals surface area contributed by atoms with E-state index in [1.54, 1.807) is 24.3 Å². The highest BCUT2D eigenvalue weighted by molar-refractivity contribution is 5.89. The zero-order chi connectivity index (χ0) is 21.2. The molecule has 0 aliphatic heterocycles. The van der Waals surface area contributed by atoms with Crippen LogP contribution in [0.4, 0.5) is 10.5 Å². The molecule has 3 aromatic carbocycles. The smallest absolute Gasteiger partial charge is 0.328 e. The number of carbonyl (C=O) groups excluding carboxylic acids is 1. The Hall–Kier alpha value is -4.06. The number of urea groups is 1. The van der Waals surface area contributed by atoms with Crippen LogP contribution in [-0.2, 0) is 11.2 Å². The third-order valence-electron chi connectivity index (χ3n) is 4.18. The number of benzene rings is 3. The maximum absolute atomic E-state index is 12.4. The van der Waals surface area contributed by atoms with E-state index in [-0.39, 0.29) is 0 Å². The molecular weight excluding hydrogens is 380 g/mol. The summed E-state index contributed by atoms with van der Waals surface area (Å²) in [6, 6.07) is 25.0. The topological polar surface area (TPSA) is 87.7 Å². The van der Waals surface area contributed by atoms with E-state index in [1.807, 2.05) is 60.7 Å². The number of hydrogen-bond acceptors (Lipinski definition) is 3. The van der Waals surface area contributed by atoms with E-state index in [9.17, 15) is 9.59 Å². The van der Waals surface area contributed by atoms with Crippen LogP contribution in [0.15, 0.2) is 97.1 Å². The van der Waals surface area contributed by atoms with E-state index >= 15 is 0 Å². The maximum atomic E-state index is 12.4. The lowest BCUT2D eigenvalue weighted by Gasteiger charge is -2.16. The molecule has 0 spiro atoms. The zero-order valence-corrected chi connectivity index (χ0v) is 16.2. The van der Waals surface area contributed by atoms with E-state index in [1.165, 1.54) is 6.08 Å². The number of nitrogens with one attached hydrogen (secondary N) is 2. The van der Waals surface area contributed by atoms with Gasteiger partial charge in [0.2, 0.25) is 0 Å². The second-order valence-electron chi connectivity index (χ2n) is 6.53. The first-order valence-corrected chi connectivity index (χ1v) is 9.44. The van der Waals surface area contributed by atoms with Crippen molar-refractivity contribution in [3.05, 3.63) is 103 Å². The van der Waals surface area contributed by atoms with Gasteiger partial charge >= 0.3 is 12.0 Å². The number of carboxylic acid groups (broad SMARTS) is 1. The number of amides is 2. The van der Waals surface area contributed by atoms with Gasteiger partial charge in [-0.05, 0) is 48.4 Å². The van der Waals surface area contributed by atoms with Gasteiger partial charge in [-0.3, -0.25) is 0 Å². The van der Waals surface area contributed by atoms with Crippen LogP contribution in [0.1, 0.15) is 5.56 Å². The van der Waals surface area contributed by atoms with Crippen molar-refractivity contribution in [1.29, 1.82) is 0 Å². The zero-order valence-electron chi connectivity index (χ0n) is 16.2. The Morgan fingerprint density at radius 3 is 2.10 bits per heavy atom. The molecule has 0 heterocycles. The molecule has 0 bridgehead atoms. The molecule has 0 aliphatic carbocycles. The Kier molecular flexibility index (Phi) is 7.22. The molecule has 0 aromatic heterocycles. The van der Waals surface area contributed by atoms with Crippen molar-refractivity contribution in [2.24, 2.45) is 0 Å². The van der Waals surface area contributed by atoms with E-state index < -0.39 is 18.0 Å². The summed E-state index contributed by atoms with van der Waals surface area (Å²) in [5.74, 6) is 0.313. The number of carboxylic acids is 1. The summed E-state index contributed by atoms with van der Waals surface area (Å²) < 4.78 is 5.73. The predicted octanol–water partition coefficient (Wildman–Crippen LogP) is 4.85. The first kappa shape index (κ1) is 20.7. The Bertz CT molecular complexity index is 987. The number of ether oxygens (including phenoxy) is 1. The minimum Gasteiger partial charge on any atom is -0.478 e. The van der Waals surface area contributed by atoms with Crippen molar-refractivity contribution in [2.75, 3.05) is 5.32 Å². The summed E-state index contributed by atoms with van der Waals surface area (Å²) in [5, 5.41) is 14.4.